The molecule has 0 spiro atoms. The normalized spacial score (nSPS) is 11.0. The predicted molar refractivity (Wildman–Crippen MR) is 39.0 cm³/mol. The molecule has 56 valence electrons. The summed E-state index contributed by atoms with van der Waals surface area (Å²) in [5, 5.41) is 8.11. The van der Waals surface area contributed by atoms with E-state index in [-0.39, 0.29) is 0 Å². The van der Waals surface area contributed by atoms with Crippen molar-refractivity contribution >= 4 is 12.2 Å². The molecule has 0 heterocycles. The molecule has 0 rings (SSSR count). The van der Waals surface area contributed by atoms with Crippen molar-refractivity contribution in [2.75, 3.05) is 14.1 Å². The van der Waals surface area contributed by atoms with Crippen molar-refractivity contribution in [1.82, 2.24) is 4.90 Å². The molecule has 0 aromatic heterocycles. The smallest absolute Gasteiger partial charge is 0.274 e. The van der Waals surface area contributed by atoms with Crippen LogP contribution in [-0.2, 0) is 4.79 Å². The summed E-state index contributed by atoms with van der Waals surface area (Å²) in [4.78, 5) is 15.5. The highest BCUT2D eigenvalue weighted by Crippen LogP contribution is 1.76. The number of hydrogen-bond acceptors (Lipinski definition) is 2. The van der Waals surface area contributed by atoms with Crippen molar-refractivity contribution in [3.63, 3.8) is 0 Å². The summed E-state index contributed by atoms with van der Waals surface area (Å²) in [5.74, 6) is -0.476. The summed E-state index contributed by atoms with van der Waals surface area (Å²) < 4.78 is 0. The molecule has 0 saturated carbocycles. The van der Waals surface area contributed by atoms with Crippen molar-refractivity contribution < 1.29 is 9.90 Å². The lowest BCUT2D eigenvalue weighted by atomic mass is 10.6. The van der Waals surface area contributed by atoms with Gasteiger partial charge in [-0.15, -0.1) is 0 Å². The maximum Gasteiger partial charge on any atom is 0.274 e. The third-order valence-electron chi connectivity index (χ3n) is 0.633. The lowest BCUT2D eigenvalue weighted by Gasteiger charge is -1.99. The number of aliphatic hydroxyl groups is 1. The summed E-state index contributed by atoms with van der Waals surface area (Å²) in [5.41, 5.74) is 0. The van der Waals surface area contributed by atoms with Crippen LogP contribution >= 0.6 is 0 Å². The van der Waals surface area contributed by atoms with Crippen LogP contribution in [0.1, 0.15) is 0 Å². The van der Waals surface area contributed by atoms with Crippen LogP contribution < -0.4 is 0 Å². The van der Waals surface area contributed by atoms with E-state index in [1.807, 2.05) is 0 Å². The molecule has 10 heavy (non-hydrogen) atoms. The summed E-state index contributed by atoms with van der Waals surface area (Å²) in [6.07, 6.45) is 3.00. The topological polar surface area (TPSA) is 52.9 Å². The third kappa shape index (κ3) is 4.83. The number of rotatable bonds is 2. The monoisotopic (exact) mass is 142 g/mol. The number of amides is 1. The molecule has 0 atom stereocenters. The van der Waals surface area contributed by atoms with Crippen LogP contribution in [0.5, 0.6) is 0 Å². The number of aliphatic hydroxyl groups excluding tert-OH is 1. The molecule has 0 aromatic rings. The highest BCUT2D eigenvalue weighted by molar-refractivity contribution is 5.92. The van der Waals surface area contributed by atoms with E-state index >= 15 is 0 Å². The minimum Gasteiger partial charge on any atom is -0.515 e. The second kappa shape index (κ2) is 4.55. The SMILES string of the molecule is CN(C)C=NC(=O)C=CO. The van der Waals surface area contributed by atoms with E-state index in [0.29, 0.717) is 6.26 Å². The second-order valence-corrected chi connectivity index (χ2v) is 1.86. The van der Waals surface area contributed by atoms with Gasteiger partial charge in [-0.2, -0.15) is 4.99 Å². The number of aliphatic imine (C=N–C) groups is 1. The van der Waals surface area contributed by atoms with Gasteiger partial charge in [-0.1, -0.05) is 0 Å². The maximum atomic E-state index is 10.5. The van der Waals surface area contributed by atoms with Gasteiger partial charge in [0, 0.05) is 20.2 Å². The molecule has 1 amide bonds. The first-order chi connectivity index (χ1) is 4.66. The fourth-order valence-electron chi connectivity index (χ4n) is 0.279. The lowest BCUT2D eigenvalue weighted by Crippen LogP contribution is -2.08. The Morgan fingerprint density at radius 1 is 1.60 bits per heavy atom. The predicted octanol–water partition coefficient (Wildman–Crippen LogP) is 0.175. The average molecular weight is 142 g/mol. The van der Waals surface area contributed by atoms with Crippen LogP contribution in [0.2, 0.25) is 0 Å². The van der Waals surface area contributed by atoms with Gasteiger partial charge in [0.1, 0.15) is 0 Å². The van der Waals surface area contributed by atoms with Crippen LogP contribution in [0.15, 0.2) is 17.3 Å². The maximum absolute atomic E-state index is 10.5. The van der Waals surface area contributed by atoms with Crippen molar-refractivity contribution in [3.05, 3.63) is 12.3 Å². The number of hydrogen-bond donors (Lipinski definition) is 1. The summed E-state index contributed by atoms with van der Waals surface area (Å²) in [6, 6.07) is 0. The van der Waals surface area contributed by atoms with Gasteiger partial charge in [-0.05, 0) is 0 Å². The van der Waals surface area contributed by atoms with E-state index in [1.165, 1.54) is 6.34 Å². The molecule has 4 heteroatoms. The van der Waals surface area contributed by atoms with Gasteiger partial charge in [0.05, 0.1) is 12.6 Å². The number of carbonyl (C=O) groups excluding carboxylic acids is 1. The summed E-state index contributed by atoms with van der Waals surface area (Å²) in [6.45, 7) is 0. The minimum absolute atomic E-state index is 0.476. The van der Waals surface area contributed by atoms with E-state index in [1.54, 1.807) is 19.0 Å². The van der Waals surface area contributed by atoms with Crippen LogP contribution in [0, 0.1) is 0 Å². The number of carbonyl (C=O) groups is 1. The van der Waals surface area contributed by atoms with Crippen molar-refractivity contribution in [3.8, 4) is 0 Å². The Bertz CT molecular complexity index is 161. The van der Waals surface area contributed by atoms with Gasteiger partial charge in [0.25, 0.3) is 5.91 Å². The molecule has 0 aliphatic heterocycles. The molecule has 0 radical (unpaired) electrons. The standard InChI is InChI=1S/C6H10N2O2/c1-8(2)5-7-6(10)3-4-9/h3-5,9H,1-2H3. The summed E-state index contributed by atoms with van der Waals surface area (Å²) >= 11 is 0. The van der Waals surface area contributed by atoms with Gasteiger partial charge in [0.15, 0.2) is 0 Å². The Labute approximate surface area is 59.5 Å². The molecule has 0 fully saturated rings. The van der Waals surface area contributed by atoms with E-state index in [0.717, 1.165) is 6.08 Å². The van der Waals surface area contributed by atoms with Gasteiger partial charge in [-0.3, -0.25) is 4.79 Å². The quantitative estimate of drug-likeness (QED) is 0.259. The van der Waals surface area contributed by atoms with E-state index in [2.05, 4.69) is 4.99 Å². The van der Waals surface area contributed by atoms with Crippen molar-refractivity contribution in [2.45, 2.75) is 0 Å². The van der Waals surface area contributed by atoms with Gasteiger partial charge in [-0.25, -0.2) is 0 Å². The number of nitrogens with zero attached hydrogens (tertiary/aromatic N) is 2. The third-order valence-corrected chi connectivity index (χ3v) is 0.633. The van der Waals surface area contributed by atoms with Crippen LogP contribution in [0.4, 0.5) is 0 Å². The molecular formula is C6H10N2O2. The average Bonchev–Trinajstić information content (AvgIpc) is 1.85. The lowest BCUT2D eigenvalue weighted by molar-refractivity contribution is -0.113. The highest BCUT2D eigenvalue weighted by Gasteiger charge is 1.87. The van der Waals surface area contributed by atoms with Gasteiger partial charge < -0.3 is 10.0 Å². The zero-order chi connectivity index (χ0) is 7.98. The fourth-order valence-corrected chi connectivity index (χ4v) is 0.279. The molecule has 0 aromatic carbocycles. The Morgan fingerprint density at radius 3 is 2.60 bits per heavy atom. The first kappa shape index (κ1) is 8.68. The molecular weight excluding hydrogens is 132 g/mol. The van der Waals surface area contributed by atoms with Crippen molar-refractivity contribution in [2.24, 2.45) is 4.99 Å². The van der Waals surface area contributed by atoms with Crippen LogP contribution in [-0.4, -0.2) is 36.3 Å². The first-order valence-electron chi connectivity index (χ1n) is 2.72. The van der Waals surface area contributed by atoms with Gasteiger partial charge in [0.2, 0.25) is 0 Å². The van der Waals surface area contributed by atoms with E-state index in [4.69, 9.17) is 5.11 Å². The van der Waals surface area contributed by atoms with Crippen molar-refractivity contribution in [1.29, 1.82) is 0 Å². The fraction of sp³-hybridized carbons (Fsp3) is 0.333. The van der Waals surface area contributed by atoms with E-state index < -0.39 is 5.91 Å². The molecule has 0 aliphatic carbocycles. The minimum atomic E-state index is -0.476. The molecule has 0 saturated heterocycles. The Balaban J connectivity index is 3.78. The first-order valence-corrected chi connectivity index (χ1v) is 2.72. The molecule has 0 bridgehead atoms. The second-order valence-electron chi connectivity index (χ2n) is 1.86. The Morgan fingerprint density at radius 2 is 2.20 bits per heavy atom. The molecule has 0 aliphatic rings. The largest absolute Gasteiger partial charge is 0.515 e. The Kier molecular flexibility index (Phi) is 3.95. The molecule has 0 unspecified atom stereocenters. The van der Waals surface area contributed by atoms with Crippen LogP contribution in [0.3, 0.4) is 0 Å². The molecule has 1 N–H and O–H groups in total. The molecule has 4 nitrogen and oxygen atoms in total. The zero-order valence-corrected chi connectivity index (χ0v) is 5.98. The summed E-state index contributed by atoms with van der Waals surface area (Å²) in [7, 11) is 3.50. The van der Waals surface area contributed by atoms with Gasteiger partial charge >= 0.3 is 0 Å². The Hall–Kier alpha value is -1.32. The van der Waals surface area contributed by atoms with Crippen LogP contribution in [0.25, 0.3) is 0 Å². The zero-order valence-electron chi connectivity index (χ0n) is 5.98. The van der Waals surface area contributed by atoms with E-state index in [9.17, 15) is 4.79 Å². The highest BCUT2D eigenvalue weighted by atomic mass is 16.2.